The van der Waals surface area contributed by atoms with Crippen molar-refractivity contribution in [3.05, 3.63) is 18.2 Å². The van der Waals surface area contributed by atoms with Gasteiger partial charge in [0.2, 0.25) is 0 Å². The molecule has 0 radical (unpaired) electrons. The average Bonchev–Trinajstić information content (AvgIpc) is 3.24. The van der Waals surface area contributed by atoms with Gasteiger partial charge in [-0.05, 0) is 39.8 Å². The molecular formula is C19H26F6N4O6. The molecule has 3 rings (SSSR count). The summed E-state index contributed by atoms with van der Waals surface area (Å²) in [5, 5.41) is 17.6. The van der Waals surface area contributed by atoms with E-state index in [0.29, 0.717) is 6.54 Å². The number of carbonyl (C=O) groups excluding carboxylic acids is 1. The fourth-order valence-corrected chi connectivity index (χ4v) is 3.44. The highest BCUT2D eigenvalue weighted by Gasteiger charge is 2.46. The molecule has 3 heterocycles. The number of alkyl halides is 6. The molecule has 1 fully saturated rings. The van der Waals surface area contributed by atoms with Gasteiger partial charge in [-0.25, -0.2) is 14.6 Å². The molecule has 35 heavy (non-hydrogen) atoms. The first kappa shape index (κ1) is 30.2. The van der Waals surface area contributed by atoms with Crippen LogP contribution in [0.2, 0.25) is 0 Å². The lowest BCUT2D eigenvalue weighted by atomic mass is 9.89. The van der Waals surface area contributed by atoms with Crippen LogP contribution in [-0.4, -0.2) is 87.1 Å². The fourth-order valence-electron chi connectivity index (χ4n) is 3.44. The van der Waals surface area contributed by atoms with Crippen molar-refractivity contribution in [1.29, 1.82) is 0 Å². The first-order chi connectivity index (χ1) is 16.1. The Morgan fingerprint density at radius 3 is 1.94 bits per heavy atom. The number of ether oxygens (including phenoxy) is 1. The Bertz CT molecular complexity index is 839. The van der Waals surface area contributed by atoms with E-state index in [-0.39, 0.29) is 5.91 Å². The maximum Gasteiger partial charge on any atom is 0.490 e. The molecule has 1 saturated heterocycles. The molecule has 10 nitrogen and oxygen atoms in total. The lowest BCUT2D eigenvalue weighted by molar-refractivity contribution is -0.193. The van der Waals surface area contributed by atoms with Gasteiger partial charge in [-0.1, -0.05) is 0 Å². The van der Waals surface area contributed by atoms with Gasteiger partial charge in [0.25, 0.3) is 5.91 Å². The molecular weight excluding hydrogens is 494 g/mol. The number of aromatic nitrogens is 2. The van der Waals surface area contributed by atoms with Gasteiger partial charge < -0.3 is 29.7 Å². The van der Waals surface area contributed by atoms with E-state index in [1.54, 1.807) is 0 Å². The van der Waals surface area contributed by atoms with Crippen molar-refractivity contribution in [2.24, 2.45) is 0 Å². The van der Waals surface area contributed by atoms with Crippen LogP contribution in [0, 0.1) is 0 Å². The Hall–Kier alpha value is -2.88. The zero-order chi connectivity index (χ0) is 27.0. The van der Waals surface area contributed by atoms with Gasteiger partial charge in [-0.3, -0.25) is 4.79 Å². The van der Waals surface area contributed by atoms with E-state index >= 15 is 0 Å². The van der Waals surface area contributed by atoms with Crippen molar-refractivity contribution in [3.63, 3.8) is 0 Å². The van der Waals surface area contributed by atoms with Crippen LogP contribution in [0.3, 0.4) is 0 Å². The third-order valence-corrected chi connectivity index (χ3v) is 5.10. The van der Waals surface area contributed by atoms with Crippen LogP contribution in [-0.2, 0) is 31.3 Å². The predicted molar refractivity (Wildman–Crippen MR) is 106 cm³/mol. The third kappa shape index (κ3) is 8.38. The normalized spacial score (nSPS) is 18.8. The zero-order valence-electron chi connectivity index (χ0n) is 18.8. The van der Waals surface area contributed by atoms with Crippen LogP contribution in [0.4, 0.5) is 26.3 Å². The summed E-state index contributed by atoms with van der Waals surface area (Å²) in [6.07, 6.45) is -5.06. The topological polar surface area (TPSA) is 134 Å². The second kappa shape index (κ2) is 12.2. The van der Waals surface area contributed by atoms with Crippen molar-refractivity contribution in [2.45, 2.75) is 57.3 Å². The van der Waals surface area contributed by atoms with Crippen LogP contribution in [0.5, 0.6) is 0 Å². The number of aliphatic carboxylic acids is 2. The molecule has 1 unspecified atom stereocenters. The minimum absolute atomic E-state index is 0.0947. The largest absolute Gasteiger partial charge is 0.490 e. The Morgan fingerprint density at radius 2 is 1.54 bits per heavy atom. The lowest BCUT2D eigenvalue weighted by Gasteiger charge is -2.43. The van der Waals surface area contributed by atoms with E-state index in [4.69, 9.17) is 24.5 Å². The Balaban J connectivity index is 0.000000362. The van der Waals surface area contributed by atoms with Gasteiger partial charge in [0.15, 0.2) is 6.10 Å². The molecule has 2 aliphatic heterocycles. The monoisotopic (exact) mass is 520 g/mol. The van der Waals surface area contributed by atoms with Crippen molar-refractivity contribution in [1.82, 2.24) is 19.8 Å². The first-order valence-electron chi connectivity index (χ1n) is 10.4. The summed E-state index contributed by atoms with van der Waals surface area (Å²) >= 11 is 0. The highest BCUT2D eigenvalue weighted by molar-refractivity contribution is 5.81. The van der Waals surface area contributed by atoms with E-state index < -0.39 is 36.0 Å². The minimum Gasteiger partial charge on any atom is -0.475 e. The van der Waals surface area contributed by atoms with Gasteiger partial charge in [0.05, 0.1) is 6.54 Å². The number of halogens is 6. The van der Waals surface area contributed by atoms with Crippen molar-refractivity contribution in [3.8, 4) is 0 Å². The number of likely N-dealkylation sites (N-methyl/N-ethyl adjacent to an activating group) is 1. The van der Waals surface area contributed by atoms with Crippen molar-refractivity contribution < 1.29 is 55.7 Å². The molecule has 16 heteroatoms. The molecule has 1 amide bonds. The minimum atomic E-state index is -5.08. The fraction of sp³-hybridized carbons (Fsp3) is 0.684. The maximum absolute atomic E-state index is 12.7. The molecule has 1 aromatic heterocycles. The van der Waals surface area contributed by atoms with E-state index in [0.717, 1.165) is 44.8 Å². The molecule has 0 saturated carbocycles. The standard InChI is InChI=1S/C15H24N4O2.2C2HF3O2/c1-3-18(4-2)13(20)12-11-19-10-9-17-14(19)15(21-12)5-7-16-8-6-15;2*3-2(4,5)1(6)7/h9-10,12,16H,3-8,11H2,1-2H3;2*(H,6,7). The average molecular weight is 520 g/mol. The van der Waals surface area contributed by atoms with E-state index in [9.17, 15) is 31.1 Å². The molecule has 3 N–H and O–H groups in total. The molecule has 0 aromatic carbocycles. The maximum atomic E-state index is 12.7. The van der Waals surface area contributed by atoms with E-state index in [1.165, 1.54) is 0 Å². The number of carboxylic acid groups (broad SMARTS) is 2. The second-order valence-electron chi connectivity index (χ2n) is 7.37. The molecule has 200 valence electrons. The number of piperidine rings is 1. The Kier molecular flexibility index (Phi) is 10.5. The number of amides is 1. The number of carboxylic acids is 2. The first-order valence-corrected chi connectivity index (χ1v) is 10.4. The molecule has 0 aliphatic carbocycles. The molecule has 1 spiro atoms. The number of fused-ring (bicyclic) bond motifs is 2. The summed E-state index contributed by atoms with van der Waals surface area (Å²) in [5.41, 5.74) is -0.402. The van der Waals surface area contributed by atoms with Gasteiger partial charge in [-0.15, -0.1) is 0 Å². The highest BCUT2D eigenvalue weighted by atomic mass is 19.4. The van der Waals surface area contributed by atoms with Crippen LogP contribution >= 0.6 is 0 Å². The number of hydrogen-bond acceptors (Lipinski definition) is 6. The zero-order valence-corrected chi connectivity index (χ0v) is 18.8. The lowest BCUT2D eigenvalue weighted by Crippen LogP contribution is -2.54. The SMILES string of the molecule is CCN(CC)C(=O)C1Cn2ccnc2C2(CCNCC2)O1.O=C(O)C(F)(F)F.O=C(O)C(F)(F)F. The quantitative estimate of drug-likeness (QED) is 0.516. The number of rotatable bonds is 3. The van der Waals surface area contributed by atoms with Crippen molar-refractivity contribution in [2.75, 3.05) is 26.2 Å². The van der Waals surface area contributed by atoms with Crippen LogP contribution in [0.15, 0.2) is 12.4 Å². The number of nitrogens with zero attached hydrogens (tertiary/aromatic N) is 3. The molecule has 0 bridgehead atoms. The smallest absolute Gasteiger partial charge is 0.475 e. The van der Waals surface area contributed by atoms with Gasteiger partial charge in [0, 0.05) is 25.5 Å². The molecule has 1 aromatic rings. The van der Waals surface area contributed by atoms with Crippen LogP contribution in [0.1, 0.15) is 32.5 Å². The third-order valence-electron chi connectivity index (χ3n) is 5.10. The summed E-state index contributed by atoms with van der Waals surface area (Å²) in [6.45, 7) is 7.83. The summed E-state index contributed by atoms with van der Waals surface area (Å²) in [7, 11) is 0. The Labute approximate surface area is 195 Å². The predicted octanol–water partition coefficient (Wildman–Crippen LogP) is 2.00. The molecule has 2 aliphatic rings. The van der Waals surface area contributed by atoms with Crippen LogP contribution in [0.25, 0.3) is 0 Å². The highest BCUT2D eigenvalue weighted by Crippen LogP contribution is 2.38. The molecule has 1 atom stereocenters. The number of imidazole rings is 1. The number of carbonyl (C=O) groups is 3. The number of nitrogens with one attached hydrogen (secondary N) is 1. The number of hydrogen-bond donors (Lipinski definition) is 3. The summed E-state index contributed by atoms with van der Waals surface area (Å²) < 4.78 is 71.9. The second-order valence-corrected chi connectivity index (χ2v) is 7.37. The van der Waals surface area contributed by atoms with Crippen molar-refractivity contribution >= 4 is 17.8 Å². The summed E-state index contributed by atoms with van der Waals surface area (Å²) in [5.74, 6) is -4.44. The van der Waals surface area contributed by atoms with E-state index in [1.807, 2.05) is 31.1 Å². The van der Waals surface area contributed by atoms with Gasteiger partial charge in [-0.2, -0.15) is 26.3 Å². The summed E-state index contributed by atoms with van der Waals surface area (Å²) in [6, 6.07) is 0. The summed E-state index contributed by atoms with van der Waals surface area (Å²) in [4.78, 5) is 36.8. The Morgan fingerprint density at radius 1 is 1.09 bits per heavy atom. The van der Waals surface area contributed by atoms with E-state index in [2.05, 4.69) is 14.9 Å². The van der Waals surface area contributed by atoms with Crippen LogP contribution < -0.4 is 5.32 Å². The van der Waals surface area contributed by atoms with Gasteiger partial charge in [0.1, 0.15) is 11.4 Å². The van der Waals surface area contributed by atoms with Gasteiger partial charge >= 0.3 is 24.3 Å².